The first kappa shape index (κ1) is 9.95. The lowest BCUT2D eigenvalue weighted by Crippen LogP contribution is -1.84. The van der Waals surface area contributed by atoms with Crippen LogP contribution in [-0.2, 0) is 9.53 Å². The summed E-state index contributed by atoms with van der Waals surface area (Å²) >= 11 is 0. The van der Waals surface area contributed by atoms with Gasteiger partial charge in [0.15, 0.2) is 0 Å². The molecule has 0 rings (SSSR count). The normalized spacial score (nSPS) is 11.0. The highest BCUT2D eigenvalue weighted by atomic mass is 16.5. The van der Waals surface area contributed by atoms with Crippen LogP contribution in [-0.4, -0.2) is 13.1 Å². The maximum atomic E-state index is 9.55. The van der Waals surface area contributed by atoms with Crippen molar-refractivity contribution in [3.63, 3.8) is 0 Å². The van der Waals surface area contributed by atoms with E-state index in [1.54, 1.807) is 0 Å². The molecule has 0 aliphatic carbocycles. The predicted octanol–water partition coefficient (Wildman–Crippen LogP) is 1.98. The third-order valence-corrected chi connectivity index (χ3v) is 1.14. The van der Waals surface area contributed by atoms with Crippen LogP contribution in [0.1, 0.15) is 19.8 Å². The monoisotopic (exact) mass is 153 g/mol. The number of unbranched alkanes of at least 4 members (excludes halogenated alkanes) is 1. The Bertz CT molecular complexity index is 136. The van der Waals surface area contributed by atoms with Crippen molar-refractivity contribution in [1.29, 1.82) is 0 Å². The van der Waals surface area contributed by atoms with Crippen molar-refractivity contribution in [2.45, 2.75) is 19.8 Å². The molecule has 0 aliphatic heterocycles. The molecule has 0 aromatic rings. The second kappa shape index (κ2) is 8.95. The fourth-order valence-corrected chi connectivity index (χ4v) is 0.627. The first-order chi connectivity index (χ1) is 5.41. The lowest BCUT2D eigenvalue weighted by atomic mass is 10.3. The van der Waals surface area contributed by atoms with Crippen LogP contribution in [0, 0.1) is 0 Å². The molecule has 0 unspecified atom stereocenters. The lowest BCUT2D eigenvalue weighted by molar-refractivity contribution is 0.313. The van der Waals surface area contributed by atoms with Gasteiger partial charge in [-0.2, -0.15) is 0 Å². The average Bonchev–Trinajstić information content (AvgIpc) is 2.03. The number of hydrogen-bond donors (Lipinski definition) is 0. The zero-order valence-electron chi connectivity index (χ0n) is 6.75. The third kappa shape index (κ3) is 8.95. The zero-order valence-corrected chi connectivity index (χ0v) is 6.75. The number of carbonyl (C=O) groups excluding carboxylic acids is 1. The molecule has 61 valence electrons. The Labute approximate surface area is 67.6 Å². The van der Waals surface area contributed by atoms with Gasteiger partial charge in [-0.05, 0) is 19.8 Å². The summed E-state index contributed by atoms with van der Waals surface area (Å²) in [4.78, 5) is 9.55. The Hall–Kier alpha value is -1.05. The summed E-state index contributed by atoms with van der Waals surface area (Å²) < 4.78 is 4.33. The molecule has 0 atom stereocenters. The average molecular weight is 153 g/mol. The molecule has 0 amide bonds. The summed E-state index contributed by atoms with van der Waals surface area (Å²) in [6.07, 6.45) is 9.94. The number of allylic oxidation sites excluding steroid dienone is 3. The van der Waals surface area contributed by atoms with Crippen molar-refractivity contribution in [3.8, 4) is 0 Å². The van der Waals surface area contributed by atoms with Crippen molar-refractivity contribution in [2.75, 3.05) is 6.61 Å². The van der Waals surface area contributed by atoms with Gasteiger partial charge in [0, 0.05) is 0 Å². The van der Waals surface area contributed by atoms with Crippen LogP contribution in [0.5, 0.6) is 0 Å². The molecule has 0 fully saturated rings. The quantitative estimate of drug-likeness (QED) is 0.431. The Kier molecular flexibility index (Phi) is 8.10. The van der Waals surface area contributed by atoms with Gasteiger partial charge in [-0.15, -0.1) is 0 Å². The molecular weight excluding hydrogens is 140 g/mol. The first-order valence-electron chi connectivity index (χ1n) is 3.67. The number of rotatable bonds is 6. The van der Waals surface area contributed by atoms with E-state index in [1.807, 2.05) is 25.2 Å². The van der Waals surface area contributed by atoms with E-state index in [9.17, 15) is 4.79 Å². The molecule has 0 bridgehead atoms. The molecule has 0 aromatic carbocycles. The van der Waals surface area contributed by atoms with Crippen LogP contribution in [0.15, 0.2) is 24.3 Å². The number of hydrogen-bond acceptors (Lipinski definition) is 2. The Morgan fingerprint density at radius 2 is 2.00 bits per heavy atom. The van der Waals surface area contributed by atoms with Gasteiger partial charge < -0.3 is 4.74 Å². The van der Waals surface area contributed by atoms with Gasteiger partial charge >= 0.3 is 6.47 Å². The van der Waals surface area contributed by atoms with Crippen LogP contribution in [0.4, 0.5) is 0 Å². The standard InChI is InChI=1S/C9H13O2/c1-2-3-4-5-6-7-8-11-9-10/h2-3,6-7H,4-5,8H2,1H3/b3-2+,7-6+. The molecule has 0 aromatic heterocycles. The SMILES string of the molecule is C/C=C/CC/C=C/CO[C]=O. The third-order valence-electron chi connectivity index (χ3n) is 1.14. The molecule has 11 heavy (non-hydrogen) atoms. The highest BCUT2D eigenvalue weighted by molar-refractivity contribution is 5.38. The molecule has 2 nitrogen and oxygen atoms in total. The predicted molar refractivity (Wildman–Crippen MR) is 44.8 cm³/mol. The van der Waals surface area contributed by atoms with Gasteiger partial charge in [0.1, 0.15) is 6.61 Å². The fraction of sp³-hybridized carbons (Fsp3) is 0.444. The van der Waals surface area contributed by atoms with Crippen molar-refractivity contribution in [3.05, 3.63) is 24.3 Å². The van der Waals surface area contributed by atoms with Gasteiger partial charge in [-0.3, -0.25) is 0 Å². The summed E-state index contributed by atoms with van der Waals surface area (Å²) in [5.74, 6) is 0. The molecule has 0 heterocycles. The van der Waals surface area contributed by atoms with Crippen LogP contribution >= 0.6 is 0 Å². The highest BCUT2D eigenvalue weighted by Gasteiger charge is 1.77. The summed E-state index contributed by atoms with van der Waals surface area (Å²) in [6, 6.07) is 0. The summed E-state index contributed by atoms with van der Waals surface area (Å²) in [7, 11) is 0. The fourth-order valence-electron chi connectivity index (χ4n) is 0.627. The van der Waals surface area contributed by atoms with Gasteiger partial charge in [-0.1, -0.05) is 24.3 Å². The van der Waals surface area contributed by atoms with Crippen LogP contribution in [0.25, 0.3) is 0 Å². The van der Waals surface area contributed by atoms with Gasteiger partial charge in [0.05, 0.1) is 0 Å². The largest absolute Gasteiger partial charge is 0.453 e. The van der Waals surface area contributed by atoms with E-state index in [0.717, 1.165) is 12.8 Å². The minimum Gasteiger partial charge on any atom is -0.453 e. The Balaban J connectivity index is 3.09. The molecule has 0 aliphatic rings. The van der Waals surface area contributed by atoms with Crippen molar-refractivity contribution in [1.82, 2.24) is 0 Å². The Morgan fingerprint density at radius 1 is 1.27 bits per heavy atom. The summed E-state index contributed by atoms with van der Waals surface area (Å²) in [5.41, 5.74) is 0. The van der Waals surface area contributed by atoms with Crippen LogP contribution in [0.3, 0.4) is 0 Å². The minimum atomic E-state index is 0.333. The minimum absolute atomic E-state index is 0.333. The van der Waals surface area contributed by atoms with Crippen LogP contribution in [0.2, 0.25) is 0 Å². The molecule has 2 heteroatoms. The molecule has 0 N–H and O–H groups in total. The van der Waals surface area contributed by atoms with E-state index >= 15 is 0 Å². The molecule has 1 radical (unpaired) electrons. The van der Waals surface area contributed by atoms with Crippen molar-refractivity contribution >= 4 is 6.47 Å². The van der Waals surface area contributed by atoms with Crippen LogP contribution < -0.4 is 0 Å². The van der Waals surface area contributed by atoms with Gasteiger partial charge in [-0.25, -0.2) is 4.79 Å². The van der Waals surface area contributed by atoms with Crippen molar-refractivity contribution in [2.24, 2.45) is 0 Å². The van der Waals surface area contributed by atoms with Gasteiger partial charge in [0.2, 0.25) is 0 Å². The lowest BCUT2D eigenvalue weighted by Gasteiger charge is -1.87. The molecular formula is C9H13O2. The molecule has 0 saturated carbocycles. The van der Waals surface area contributed by atoms with Crippen molar-refractivity contribution < 1.29 is 9.53 Å². The second-order valence-electron chi connectivity index (χ2n) is 2.01. The maximum absolute atomic E-state index is 9.55. The zero-order chi connectivity index (χ0) is 8.36. The second-order valence-corrected chi connectivity index (χ2v) is 2.01. The summed E-state index contributed by atoms with van der Waals surface area (Å²) in [5, 5.41) is 0. The maximum Gasteiger partial charge on any atom is 0.417 e. The summed E-state index contributed by atoms with van der Waals surface area (Å²) in [6.45, 7) is 3.68. The van der Waals surface area contributed by atoms with E-state index in [0.29, 0.717) is 6.61 Å². The number of ether oxygens (including phenoxy) is 1. The van der Waals surface area contributed by atoms with E-state index in [2.05, 4.69) is 10.8 Å². The highest BCUT2D eigenvalue weighted by Crippen LogP contribution is 1.91. The smallest absolute Gasteiger partial charge is 0.417 e. The van der Waals surface area contributed by atoms with E-state index < -0.39 is 0 Å². The van der Waals surface area contributed by atoms with E-state index in [1.165, 1.54) is 6.47 Å². The topological polar surface area (TPSA) is 26.3 Å². The molecule has 0 spiro atoms. The van der Waals surface area contributed by atoms with E-state index in [-0.39, 0.29) is 0 Å². The first-order valence-corrected chi connectivity index (χ1v) is 3.67. The molecule has 0 saturated heterocycles. The van der Waals surface area contributed by atoms with Gasteiger partial charge in [0.25, 0.3) is 0 Å². The Morgan fingerprint density at radius 3 is 2.64 bits per heavy atom. The van der Waals surface area contributed by atoms with E-state index in [4.69, 9.17) is 0 Å².